The zero-order valence-electron chi connectivity index (χ0n) is 13.8. The highest BCUT2D eigenvalue weighted by Gasteiger charge is 2.30. The fourth-order valence-electron chi connectivity index (χ4n) is 2.52. The number of carbonyl (C=O) groups excluding carboxylic acids is 1. The second-order valence-corrected chi connectivity index (χ2v) is 5.30. The molecule has 0 spiro atoms. The molecule has 1 aliphatic heterocycles. The molecule has 0 unspecified atom stereocenters. The van der Waals surface area contributed by atoms with E-state index in [-0.39, 0.29) is 12.5 Å². The van der Waals surface area contributed by atoms with Gasteiger partial charge in [0, 0.05) is 18.8 Å². The zero-order valence-corrected chi connectivity index (χ0v) is 13.8. The van der Waals surface area contributed by atoms with E-state index in [1.807, 2.05) is 18.2 Å². The van der Waals surface area contributed by atoms with Gasteiger partial charge in [-0.3, -0.25) is 4.79 Å². The smallest absolute Gasteiger partial charge is 0.271 e. The third-order valence-electron chi connectivity index (χ3n) is 3.87. The maximum Gasteiger partial charge on any atom is 0.271 e. The summed E-state index contributed by atoms with van der Waals surface area (Å²) in [6, 6.07) is 12.6. The van der Waals surface area contributed by atoms with Gasteiger partial charge in [-0.05, 0) is 24.3 Å². The molecule has 6 nitrogen and oxygen atoms in total. The normalized spacial score (nSPS) is 15.5. The Kier molecular flexibility index (Phi) is 4.46. The molecular formula is C18H19NO5. The lowest BCUT2D eigenvalue weighted by atomic mass is 10.2. The number of carbonyl (C=O) groups is 1. The fourth-order valence-corrected chi connectivity index (χ4v) is 2.52. The minimum absolute atomic E-state index is 0.174. The van der Waals surface area contributed by atoms with E-state index in [1.165, 1.54) is 4.90 Å². The SMILES string of the molecule is COc1ccc(N(C)C(=O)[C@H]2COc3ccccc3O2)cc1OC. The van der Waals surface area contributed by atoms with Crippen LogP contribution in [-0.2, 0) is 4.79 Å². The molecule has 3 rings (SSSR count). The van der Waals surface area contributed by atoms with Crippen LogP contribution in [0.1, 0.15) is 0 Å². The molecule has 126 valence electrons. The van der Waals surface area contributed by atoms with E-state index in [1.54, 1.807) is 45.5 Å². The van der Waals surface area contributed by atoms with Gasteiger partial charge in [-0.1, -0.05) is 12.1 Å². The first-order valence-electron chi connectivity index (χ1n) is 7.52. The van der Waals surface area contributed by atoms with Crippen LogP contribution in [0.2, 0.25) is 0 Å². The van der Waals surface area contributed by atoms with Gasteiger partial charge in [-0.25, -0.2) is 0 Å². The van der Waals surface area contributed by atoms with Gasteiger partial charge < -0.3 is 23.8 Å². The van der Waals surface area contributed by atoms with Crippen molar-refractivity contribution in [1.29, 1.82) is 0 Å². The molecule has 0 bridgehead atoms. The molecule has 2 aromatic rings. The molecule has 0 saturated heterocycles. The van der Waals surface area contributed by atoms with Crippen molar-refractivity contribution in [2.24, 2.45) is 0 Å². The molecule has 2 aromatic carbocycles. The predicted octanol–water partition coefficient (Wildman–Crippen LogP) is 2.51. The van der Waals surface area contributed by atoms with E-state index in [2.05, 4.69) is 0 Å². The summed E-state index contributed by atoms with van der Waals surface area (Å²) in [5.74, 6) is 2.18. The van der Waals surface area contributed by atoms with Crippen LogP contribution >= 0.6 is 0 Å². The first kappa shape index (κ1) is 16.0. The summed E-state index contributed by atoms with van der Waals surface area (Å²) in [4.78, 5) is 14.2. The number of rotatable bonds is 4. The molecular weight excluding hydrogens is 310 g/mol. The van der Waals surface area contributed by atoms with Crippen LogP contribution in [0.15, 0.2) is 42.5 Å². The predicted molar refractivity (Wildman–Crippen MR) is 89.3 cm³/mol. The van der Waals surface area contributed by atoms with Crippen molar-refractivity contribution in [3.05, 3.63) is 42.5 Å². The summed E-state index contributed by atoms with van der Waals surface area (Å²) in [5, 5.41) is 0. The first-order chi connectivity index (χ1) is 11.6. The number of methoxy groups -OCH3 is 2. The van der Waals surface area contributed by atoms with E-state index in [0.717, 1.165) is 0 Å². The Morgan fingerprint density at radius 3 is 2.50 bits per heavy atom. The van der Waals surface area contributed by atoms with Crippen LogP contribution in [0.25, 0.3) is 0 Å². The van der Waals surface area contributed by atoms with Crippen molar-refractivity contribution < 1.29 is 23.7 Å². The Morgan fingerprint density at radius 2 is 1.79 bits per heavy atom. The van der Waals surface area contributed by atoms with Gasteiger partial charge in [-0.2, -0.15) is 0 Å². The minimum atomic E-state index is -0.696. The number of nitrogens with zero attached hydrogens (tertiary/aromatic N) is 1. The fraction of sp³-hybridized carbons (Fsp3) is 0.278. The average Bonchev–Trinajstić information content (AvgIpc) is 2.65. The van der Waals surface area contributed by atoms with Crippen molar-refractivity contribution in [3.8, 4) is 23.0 Å². The third kappa shape index (κ3) is 2.95. The van der Waals surface area contributed by atoms with E-state index in [9.17, 15) is 4.79 Å². The van der Waals surface area contributed by atoms with Gasteiger partial charge in [0.2, 0.25) is 6.10 Å². The number of amides is 1. The summed E-state index contributed by atoms with van der Waals surface area (Å²) < 4.78 is 21.9. The summed E-state index contributed by atoms with van der Waals surface area (Å²) in [6.45, 7) is 0.174. The largest absolute Gasteiger partial charge is 0.493 e. The lowest BCUT2D eigenvalue weighted by Crippen LogP contribution is -2.45. The first-order valence-corrected chi connectivity index (χ1v) is 7.52. The quantitative estimate of drug-likeness (QED) is 0.863. The highest BCUT2D eigenvalue weighted by atomic mass is 16.6. The lowest BCUT2D eigenvalue weighted by Gasteiger charge is -2.29. The maximum atomic E-state index is 12.7. The molecule has 0 radical (unpaired) electrons. The topological polar surface area (TPSA) is 57.2 Å². The van der Waals surface area contributed by atoms with Crippen molar-refractivity contribution in [2.75, 3.05) is 32.8 Å². The van der Waals surface area contributed by atoms with Gasteiger partial charge in [0.1, 0.15) is 6.61 Å². The Hall–Kier alpha value is -2.89. The molecule has 0 aromatic heterocycles. The van der Waals surface area contributed by atoms with Gasteiger partial charge in [0.05, 0.1) is 14.2 Å². The summed E-state index contributed by atoms with van der Waals surface area (Å²) in [7, 11) is 4.81. The monoisotopic (exact) mass is 329 g/mol. The molecule has 1 amide bonds. The molecule has 0 saturated carbocycles. The minimum Gasteiger partial charge on any atom is -0.493 e. The van der Waals surface area contributed by atoms with Crippen molar-refractivity contribution in [3.63, 3.8) is 0 Å². The Labute approximate surface area is 140 Å². The van der Waals surface area contributed by atoms with Crippen LogP contribution in [0, 0.1) is 0 Å². The number of fused-ring (bicyclic) bond motifs is 1. The number of ether oxygens (including phenoxy) is 4. The number of benzene rings is 2. The van der Waals surface area contributed by atoms with Gasteiger partial charge >= 0.3 is 0 Å². The van der Waals surface area contributed by atoms with Crippen LogP contribution in [0.4, 0.5) is 5.69 Å². The number of hydrogen-bond acceptors (Lipinski definition) is 5. The van der Waals surface area contributed by atoms with Crippen LogP contribution in [-0.4, -0.2) is 39.9 Å². The summed E-state index contributed by atoms with van der Waals surface area (Å²) in [6.07, 6.45) is -0.696. The van der Waals surface area contributed by atoms with Gasteiger partial charge in [0.25, 0.3) is 5.91 Å². The van der Waals surface area contributed by atoms with Crippen molar-refractivity contribution in [2.45, 2.75) is 6.10 Å². The number of para-hydroxylation sites is 2. The van der Waals surface area contributed by atoms with Crippen LogP contribution in [0.5, 0.6) is 23.0 Å². The second-order valence-electron chi connectivity index (χ2n) is 5.30. The van der Waals surface area contributed by atoms with Crippen molar-refractivity contribution in [1.82, 2.24) is 0 Å². The molecule has 1 atom stereocenters. The van der Waals surface area contributed by atoms with Gasteiger partial charge in [0.15, 0.2) is 23.0 Å². The maximum absolute atomic E-state index is 12.7. The van der Waals surface area contributed by atoms with Crippen LogP contribution in [0.3, 0.4) is 0 Å². The summed E-state index contributed by atoms with van der Waals surface area (Å²) in [5.41, 5.74) is 0.681. The Bertz CT molecular complexity index is 746. The molecule has 0 N–H and O–H groups in total. The Morgan fingerprint density at radius 1 is 1.08 bits per heavy atom. The van der Waals surface area contributed by atoms with Crippen molar-refractivity contribution >= 4 is 11.6 Å². The number of likely N-dealkylation sites (N-methyl/N-ethyl adjacent to an activating group) is 1. The Balaban J connectivity index is 1.78. The molecule has 6 heteroatoms. The van der Waals surface area contributed by atoms with Gasteiger partial charge in [-0.15, -0.1) is 0 Å². The lowest BCUT2D eigenvalue weighted by molar-refractivity contribution is -0.127. The number of anilines is 1. The second kappa shape index (κ2) is 6.70. The average molecular weight is 329 g/mol. The highest BCUT2D eigenvalue weighted by molar-refractivity contribution is 5.96. The summed E-state index contributed by atoms with van der Waals surface area (Å²) >= 11 is 0. The molecule has 0 aliphatic carbocycles. The molecule has 1 heterocycles. The standard InChI is InChI=1S/C18H19NO5/c1-19(12-8-9-13(21-2)16(10-12)22-3)18(20)17-11-23-14-6-4-5-7-15(14)24-17/h4-10,17H,11H2,1-3H3/t17-/m1/s1. The van der Waals surface area contributed by atoms with E-state index >= 15 is 0 Å². The molecule has 24 heavy (non-hydrogen) atoms. The van der Waals surface area contributed by atoms with E-state index in [4.69, 9.17) is 18.9 Å². The van der Waals surface area contributed by atoms with E-state index < -0.39 is 6.10 Å². The molecule has 0 fully saturated rings. The molecule has 1 aliphatic rings. The van der Waals surface area contributed by atoms with E-state index in [0.29, 0.717) is 28.7 Å². The van der Waals surface area contributed by atoms with Crippen LogP contribution < -0.4 is 23.8 Å². The zero-order chi connectivity index (χ0) is 17.1. The highest BCUT2D eigenvalue weighted by Crippen LogP contribution is 2.33. The number of hydrogen-bond donors (Lipinski definition) is 0. The third-order valence-corrected chi connectivity index (χ3v) is 3.87.